The topological polar surface area (TPSA) is 0 Å². The van der Waals surface area contributed by atoms with E-state index < -0.39 is 0 Å². The second kappa shape index (κ2) is 15.2. The molecule has 1 aliphatic rings. The van der Waals surface area contributed by atoms with Crippen LogP contribution in [0.5, 0.6) is 0 Å². The molecule has 0 spiro atoms. The Morgan fingerprint density at radius 1 is 1.00 bits per heavy atom. The normalized spacial score (nSPS) is 16.6. The van der Waals surface area contributed by atoms with E-state index in [4.69, 9.17) is 0 Å². The Morgan fingerprint density at radius 2 is 1.53 bits per heavy atom. The number of hydrogen-bond acceptors (Lipinski definition) is 0. The third kappa shape index (κ3) is 8.97. The van der Waals surface area contributed by atoms with E-state index in [0.717, 1.165) is 5.92 Å². The van der Waals surface area contributed by atoms with Crippen LogP contribution >= 0.6 is 0 Å². The highest BCUT2D eigenvalue weighted by atomic mass is 14.2. The van der Waals surface area contributed by atoms with Crippen molar-refractivity contribution < 1.29 is 0 Å². The summed E-state index contributed by atoms with van der Waals surface area (Å²) in [7, 11) is 0. The SMILES string of the molecule is C=C/C(=C\C=C/C)C1CCCCC1.CC.CC. The zero-order valence-corrected chi connectivity index (χ0v) is 12.6. The van der Waals surface area contributed by atoms with Crippen LogP contribution < -0.4 is 0 Å². The Bertz CT molecular complexity index is 202. The molecule has 100 valence electrons. The molecule has 0 bridgehead atoms. The summed E-state index contributed by atoms with van der Waals surface area (Å²) in [6, 6.07) is 0. The summed E-state index contributed by atoms with van der Waals surface area (Å²) in [5, 5.41) is 0. The van der Waals surface area contributed by atoms with Crippen molar-refractivity contribution >= 4 is 0 Å². The Morgan fingerprint density at radius 3 is 1.94 bits per heavy atom. The molecule has 1 fully saturated rings. The van der Waals surface area contributed by atoms with Gasteiger partial charge in [-0.2, -0.15) is 0 Å². The van der Waals surface area contributed by atoms with Gasteiger partial charge in [-0.3, -0.25) is 0 Å². The molecule has 0 aromatic heterocycles. The highest BCUT2D eigenvalue weighted by Crippen LogP contribution is 2.30. The molecule has 0 unspecified atom stereocenters. The van der Waals surface area contributed by atoms with E-state index in [2.05, 4.69) is 31.7 Å². The van der Waals surface area contributed by atoms with E-state index in [9.17, 15) is 0 Å². The van der Waals surface area contributed by atoms with Gasteiger partial charge in [0.15, 0.2) is 0 Å². The summed E-state index contributed by atoms with van der Waals surface area (Å²) in [6.07, 6.45) is 15.4. The second-order valence-electron chi connectivity index (χ2n) is 3.73. The van der Waals surface area contributed by atoms with Crippen LogP contribution in [-0.2, 0) is 0 Å². The van der Waals surface area contributed by atoms with Gasteiger partial charge in [0.25, 0.3) is 0 Å². The van der Waals surface area contributed by atoms with E-state index in [1.807, 2.05) is 33.8 Å². The van der Waals surface area contributed by atoms with Gasteiger partial charge in [0, 0.05) is 0 Å². The number of hydrogen-bond donors (Lipinski definition) is 0. The van der Waals surface area contributed by atoms with Crippen LogP contribution in [0, 0.1) is 5.92 Å². The van der Waals surface area contributed by atoms with Gasteiger partial charge in [-0.25, -0.2) is 0 Å². The quantitative estimate of drug-likeness (QED) is 0.504. The van der Waals surface area contributed by atoms with Crippen molar-refractivity contribution in [3.63, 3.8) is 0 Å². The molecule has 0 heterocycles. The van der Waals surface area contributed by atoms with Gasteiger partial charge in [0.2, 0.25) is 0 Å². The minimum Gasteiger partial charge on any atom is -0.0988 e. The maximum atomic E-state index is 3.89. The van der Waals surface area contributed by atoms with Crippen LogP contribution in [0.25, 0.3) is 0 Å². The first-order chi connectivity index (χ1) is 8.38. The lowest BCUT2D eigenvalue weighted by molar-refractivity contribution is 0.408. The van der Waals surface area contributed by atoms with Crippen molar-refractivity contribution in [2.45, 2.75) is 66.7 Å². The number of allylic oxidation sites excluding steroid dienone is 5. The molecule has 0 nitrogen and oxygen atoms in total. The van der Waals surface area contributed by atoms with E-state index in [1.54, 1.807) is 0 Å². The first-order valence-electron chi connectivity index (χ1n) is 7.33. The minimum atomic E-state index is 0.780. The molecule has 0 saturated heterocycles. The molecule has 0 radical (unpaired) electrons. The van der Waals surface area contributed by atoms with Crippen molar-refractivity contribution in [2.24, 2.45) is 5.92 Å². The van der Waals surface area contributed by atoms with Crippen LogP contribution in [0.15, 0.2) is 36.5 Å². The smallest absolute Gasteiger partial charge is 0.0162 e. The molecule has 0 amide bonds. The zero-order chi connectivity index (χ0) is 13.5. The molecule has 1 aliphatic carbocycles. The molecule has 0 aromatic carbocycles. The first kappa shape index (κ1) is 18.6. The maximum absolute atomic E-state index is 3.89. The maximum Gasteiger partial charge on any atom is -0.0162 e. The lowest BCUT2D eigenvalue weighted by atomic mass is 9.83. The monoisotopic (exact) mass is 236 g/mol. The van der Waals surface area contributed by atoms with Crippen molar-refractivity contribution in [3.8, 4) is 0 Å². The molecule has 0 N–H and O–H groups in total. The van der Waals surface area contributed by atoms with Gasteiger partial charge >= 0.3 is 0 Å². The highest BCUT2D eigenvalue weighted by Gasteiger charge is 2.14. The Labute approximate surface area is 110 Å². The molecule has 0 aromatic rings. The average Bonchev–Trinajstić information content (AvgIpc) is 2.45. The van der Waals surface area contributed by atoms with Crippen LogP contribution in [0.1, 0.15) is 66.7 Å². The predicted octanol–water partition coefficient (Wildman–Crippen LogP) is 6.31. The van der Waals surface area contributed by atoms with Crippen LogP contribution in [0.3, 0.4) is 0 Å². The fourth-order valence-electron chi connectivity index (χ4n) is 2.01. The fourth-order valence-corrected chi connectivity index (χ4v) is 2.01. The predicted molar refractivity (Wildman–Crippen MR) is 82.4 cm³/mol. The molecule has 17 heavy (non-hydrogen) atoms. The van der Waals surface area contributed by atoms with Crippen LogP contribution in [0.2, 0.25) is 0 Å². The molecule has 0 heteroatoms. The van der Waals surface area contributed by atoms with Gasteiger partial charge in [-0.1, -0.05) is 77.8 Å². The summed E-state index contributed by atoms with van der Waals surface area (Å²) in [6.45, 7) is 13.9. The third-order valence-electron chi connectivity index (χ3n) is 2.79. The third-order valence-corrected chi connectivity index (χ3v) is 2.79. The van der Waals surface area contributed by atoms with Crippen molar-refractivity contribution in [3.05, 3.63) is 36.5 Å². The van der Waals surface area contributed by atoms with E-state index >= 15 is 0 Å². The summed E-state index contributed by atoms with van der Waals surface area (Å²) in [5.74, 6) is 0.780. The van der Waals surface area contributed by atoms with Gasteiger partial charge in [-0.15, -0.1) is 0 Å². The molecule has 0 atom stereocenters. The van der Waals surface area contributed by atoms with E-state index in [-0.39, 0.29) is 0 Å². The Balaban J connectivity index is 0. The number of rotatable bonds is 3. The van der Waals surface area contributed by atoms with Gasteiger partial charge in [0.05, 0.1) is 0 Å². The van der Waals surface area contributed by atoms with Crippen molar-refractivity contribution in [1.82, 2.24) is 0 Å². The molecule has 1 rings (SSSR count). The van der Waals surface area contributed by atoms with Gasteiger partial charge in [0.1, 0.15) is 0 Å². The molecular formula is C17H32. The first-order valence-corrected chi connectivity index (χ1v) is 7.33. The average molecular weight is 236 g/mol. The van der Waals surface area contributed by atoms with E-state index in [0.29, 0.717) is 0 Å². The van der Waals surface area contributed by atoms with Crippen molar-refractivity contribution in [1.29, 1.82) is 0 Å². The Kier molecular flexibility index (Phi) is 16.6. The lowest BCUT2D eigenvalue weighted by Crippen LogP contribution is -2.07. The van der Waals surface area contributed by atoms with Gasteiger partial charge in [-0.05, 0) is 31.3 Å². The van der Waals surface area contributed by atoms with Crippen LogP contribution in [-0.4, -0.2) is 0 Å². The minimum absolute atomic E-state index is 0.780. The van der Waals surface area contributed by atoms with Gasteiger partial charge < -0.3 is 0 Å². The molecular weight excluding hydrogens is 204 g/mol. The van der Waals surface area contributed by atoms with Crippen molar-refractivity contribution in [2.75, 3.05) is 0 Å². The fraction of sp³-hybridized carbons (Fsp3) is 0.647. The zero-order valence-electron chi connectivity index (χ0n) is 12.6. The standard InChI is InChI=1S/C13H20.2C2H6/c1-3-5-9-12(4-2)13-10-7-6-8-11-13;2*1-2/h3-5,9,13H,2,6-8,10-11H2,1H3;2*1-2H3/b5-3-,12-9+;;. The second-order valence-corrected chi connectivity index (χ2v) is 3.73. The summed E-state index contributed by atoms with van der Waals surface area (Å²) >= 11 is 0. The summed E-state index contributed by atoms with van der Waals surface area (Å²) in [5.41, 5.74) is 1.43. The summed E-state index contributed by atoms with van der Waals surface area (Å²) < 4.78 is 0. The Hall–Kier alpha value is -0.780. The largest absolute Gasteiger partial charge is 0.0988 e. The van der Waals surface area contributed by atoms with E-state index in [1.165, 1.54) is 37.7 Å². The molecule has 1 saturated carbocycles. The summed E-state index contributed by atoms with van der Waals surface area (Å²) in [4.78, 5) is 0. The van der Waals surface area contributed by atoms with Crippen LogP contribution in [0.4, 0.5) is 0 Å². The molecule has 0 aliphatic heterocycles. The lowest BCUT2D eigenvalue weighted by Gasteiger charge is -2.22. The highest BCUT2D eigenvalue weighted by molar-refractivity contribution is 5.24.